The van der Waals surface area contributed by atoms with Crippen LogP contribution in [-0.4, -0.2) is 18.2 Å². The lowest BCUT2D eigenvalue weighted by molar-refractivity contribution is 0.193. The minimum atomic E-state index is 0.515. The molecule has 1 saturated heterocycles. The molecule has 3 nitrogen and oxygen atoms in total. The molecule has 0 unspecified atom stereocenters. The largest absolute Gasteiger partial charge is 0.397 e. The van der Waals surface area contributed by atoms with Crippen molar-refractivity contribution in [1.82, 2.24) is 4.98 Å². The van der Waals surface area contributed by atoms with Gasteiger partial charge in [-0.25, -0.2) is 0 Å². The van der Waals surface area contributed by atoms with E-state index in [9.17, 15) is 0 Å². The van der Waals surface area contributed by atoms with Crippen molar-refractivity contribution >= 4 is 5.69 Å². The molecule has 1 aliphatic carbocycles. The van der Waals surface area contributed by atoms with Gasteiger partial charge in [-0.05, 0) is 43.2 Å². The van der Waals surface area contributed by atoms with Gasteiger partial charge in [0.15, 0.2) is 0 Å². The lowest BCUT2D eigenvalue weighted by Gasteiger charge is -2.30. The van der Waals surface area contributed by atoms with E-state index >= 15 is 0 Å². The summed E-state index contributed by atoms with van der Waals surface area (Å²) in [6, 6.07) is 0. The number of nitrogens with zero attached hydrogens (tertiary/aromatic N) is 1. The highest BCUT2D eigenvalue weighted by atomic mass is 16.5. The molecular weight excluding hydrogens is 212 g/mol. The average molecular weight is 232 g/mol. The summed E-state index contributed by atoms with van der Waals surface area (Å²) in [7, 11) is 0. The molecule has 3 heteroatoms. The van der Waals surface area contributed by atoms with Crippen molar-refractivity contribution in [3.63, 3.8) is 0 Å². The maximum atomic E-state index is 6.26. The average Bonchev–Trinajstić information content (AvgIpc) is 2.76. The van der Waals surface area contributed by atoms with Gasteiger partial charge in [0.05, 0.1) is 18.0 Å². The zero-order valence-corrected chi connectivity index (χ0v) is 10.4. The van der Waals surface area contributed by atoms with E-state index in [-0.39, 0.29) is 0 Å². The molecule has 1 aliphatic heterocycles. The zero-order chi connectivity index (χ0) is 11.8. The Kier molecular flexibility index (Phi) is 2.79. The fourth-order valence-electron chi connectivity index (χ4n) is 2.91. The van der Waals surface area contributed by atoms with Crippen LogP contribution in [0.3, 0.4) is 0 Å². The molecule has 2 aliphatic rings. The van der Waals surface area contributed by atoms with E-state index in [1.165, 1.54) is 30.4 Å². The third-order valence-corrected chi connectivity index (χ3v) is 4.27. The van der Waals surface area contributed by atoms with Gasteiger partial charge in [-0.3, -0.25) is 4.98 Å². The molecule has 92 valence electrons. The molecule has 0 radical (unpaired) electrons. The summed E-state index contributed by atoms with van der Waals surface area (Å²) in [5.74, 6) is 1.19. The van der Waals surface area contributed by atoms with E-state index in [2.05, 4.69) is 4.98 Å². The van der Waals surface area contributed by atoms with E-state index < -0.39 is 0 Å². The second kappa shape index (κ2) is 4.30. The number of aromatic nitrogens is 1. The predicted octanol–water partition coefficient (Wildman–Crippen LogP) is 2.74. The summed E-state index contributed by atoms with van der Waals surface area (Å²) in [4.78, 5) is 4.44. The number of hydrogen-bond acceptors (Lipinski definition) is 3. The number of ether oxygens (including phenoxy) is 1. The fraction of sp³-hybridized carbons (Fsp3) is 0.643. The molecule has 1 aromatic heterocycles. The van der Waals surface area contributed by atoms with Crippen LogP contribution in [0.25, 0.3) is 0 Å². The predicted molar refractivity (Wildman–Crippen MR) is 68.2 cm³/mol. The second-order valence-electron chi connectivity index (χ2n) is 5.31. The summed E-state index contributed by atoms with van der Waals surface area (Å²) in [6.45, 7) is 3.72. The molecule has 2 N–H and O–H groups in total. The van der Waals surface area contributed by atoms with Crippen LogP contribution in [-0.2, 0) is 4.74 Å². The summed E-state index contributed by atoms with van der Waals surface area (Å²) >= 11 is 0. The Bertz CT molecular complexity index is 420. The number of pyridine rings is 1. The molecule has 0 aromatic carbocycles. The van der Waals surface area contributed by atoms with Crippen LogP contribution in [0.2, 0.25) is 0 Å². The fourth-order valence-corrected chi connectivity index (χ4v) is 2.91. The Morgan fingerprint density at radius 1 is 1.29 bits per heavy atom. The Morgan fingerprint density at radius 2 is 2.12 bits per heavy atom. The summed E-state index contributed by atoms with van der Waals surface area (Å²) in [6.07, 6.45) is 7.07. The number of aryl methyl sites for hydroxylation is 1. The van der Waals surface area contributed by atoms with Crippen LogP contribution in [0, 0.1) is 6.92 Å². The summed E-state index contributed by atoms with van der Waals surface area (Å²) in [5, 5.41) is 0. The lowest BCUT2D eigenvalue weighted by Crippen LogP contribution is -2.17. The molecule has 2 fully saturated rings. The molecule has 1 saturated carbocycles. The molecular formula is C14H20N2O. The maximum absolute atomic E-state index is 6.26. The molecule has 0 spiro atoms. The van der Waals surface area contributed by atoms with Gasteiger partial charge in [-0.1, -0.05) is 6.42 Å². The van der Waals surface area contributed by atoms with E-state index in [0.717, 1.165) is 31.0 Å². The molecule has 3 rings (SSSR count). The van der Waals surface area contributed by atoms with Gasteiger partial charge in [0, 0.05) is 18.7 Å². The maximum Gasteiger partial charge on any atom is 0.0604 e. The van der Waals surface area contributed by atoms with Crippen LogP contribution in [0.5, 0.6) is 0 Å². The first-order chi connectivity index (χ1) is 8.27. The summed E-state index contributed by atoms with van der Waals surface area (Å²) < 4.78 is 5.50. The third-order valence-electron chi connectivity index (χ3n) is 4.27. The summed E-state index contributed by atoms with van der Waals surface area (Å²) in [5.41, 5.74) is 10.9. The Hall–Kier alpha value is -1.09. The van der Waals surface area contributed by atoms with E-state index in [1.54, 1.807) is 0 Å². The molecule has 17 heavy (non-hydrogen) atoms. The van der Waals surface area contributed by atoms with Gasteiger partial charge in [-0.15, -0.1) is 0 Å². The highest BCUT2D eigenvalue weighted by Crippen LogP contribution is 2.44. The first-order valence-electron chi connectivity index (χ1n) is 6.60. The van der Waals surface area contributed by atoms with Crippen molar-refractivity contribution in [1.29, 1.82) is 0 Å². The number of anilines is 1. The second-order valence-corrected chi connectivity index (χ2v) is 5.31. The van der Waals surface area contributed by atoms with Crippen LogP contribution < -0.4 is 5.73 Å². The van der Waals surface area contributed by atoms with Crippen molar-refractivity contribution in [3.05, 3.63) is 23.0 Å². The first-order valence-corrected chi connectivity index (χ1v) is 6.60. The molecule has 2 heterocycles. The SMILES string of the molecule is Cc1ncc([C@H]2CCOC2)c(C2CCC2)c1N. The number of rotatable bonds is 2. The van der Waals surface area contributed by atoms with Crippen LogP contribution in [0.15, 0.2) is 6.20 Å². The molecule has 1 aromatic rings. The monoisotopic (exact) mass is 232 g/mol. The van der Waals surface area contributed by atoms with Crippen molar-refractivity contribution in [2.45, 2.75) is 44.4 Å². The van der Waals surface area contributed by atoms with Gasteiger partial charge in [-0.2, -0.15) is 0 Å². The Morgan fingerprint density at radius 3 is 2.71 bits per heavy atom. The standard InChI is InChI=1S/C14H20N2O/c1-9-14(15)13(10-3-2-4-10)12(7-16-9)11-5-6-17-8-11/h7,10-11H,2-6,8,15H2,1H3/t11-/m0/s1. The van der Waals surface area contributed by atoms with Gasteiger partial charge in [0.2, 0.25) is 0 Å². The highest BCUT2D eigenvalue weighted by Gasteiger charge is 2.29. The van der Waals surface area contributed by atoms with Crippen molar-refractivity contribution in [2.24, 2.45) is 0 Å². The van der Waals surface area contributed by atoms with E-state index in [4.69, 9.17) is 10.5 Å². The van der Waals surface area contributed by atoms with Gasteiger partial charge in [0.25, 0.3) is 0 Å². The molecule has 0 amide bonds. The highest BCUT2D eigenvalue weighted by molar-refractivity contribution is 5.56. The number of nitrogen functional groups attached to an aromatic ring is 1. The normalized spacial score (nSPS) is 24.9. The minimum Gasteiger partial charge on any atom is -0.397 e. The van der Waals surface area contributed by atoms with Gasteiger partial charge >= 0.3 is 0 Å². The zero-order valence-electron chi connectivity index (χ0n) is 10.4. The first kappa shape index (κ1) is 11.0. The van der Waals surface area contributed by atoms with Gasteiger partial charge in [0.1, 0.15) is 0 Å². The van der Waals surface area contributed by atoms with Crippen LogP contribution >= 0.6 is 0 Å². The van der Waals surface area contributed by atoms with E-state index in [1.807, 2.05) is 13.1 Å². The number of hydrogen-bond donors (Lipinski definition) is 1. The van der Waals surface area contributed by atoms with Crippen LogP contribution in [0.1, 0.15) is 54.3 Å². The van der Waals surface area contributed by atoms with Gasteiger partial charge < -0.3 is 10.5 Å². The smallest absolute Gasteiger partial charge is 0.0604 e. The lowest BCUT2D eigenvalue weighted by atomic mass is 9.75. The molecule has 1 atom stereocenters. The van der Waals surface area contributed by atoms with Crippen molar-refractivity contribution in [3.8, 4) is 0 Å². The van der Waals surface area contributed by atoms with E-state index in [0.29, 0.717) is 11.8 Å². The van der Waals surface area contributed by atoms with Crippen molar-refractivity contribution < 1.29 is 4.74 Å². The Labute approximate surface area is 102 Å². The Balaban J connectivity index is 2.03. The molecule has 0 bridgehead atoms. The quantitative estimate of drug-likeness (QED) is 0.853. The van der Waals surface area contributed by atoms with Crippen LogP contribution in [0.4, 0.5) is 5.69 Å². The van der Waals surface area contributed by atoms with Crippen molar-refractivity contribution in [2.75, 3.05) is 18.9 Å². The number of nitrogens with two attached hydrogens (primary N) is 1. The minimum absolute atomic E-state index is 0.515. The topological polar surface area (TPSA) is 48.1 Å². The third kappa shape index (κ3) is 1.82.